The van der Waals surface area contributed by atoms with Crippen LogP contribution in [-0.4, -0.2) is 22.8 Å². The zero-order valence-corrected chi connectivity index (χ0v) is 17.0. The van der Waals surface area contributed by atoms with Gasteiger partial charge in [-0.2, -0.15) is 0 Å². The Morgan fingerprint density at radius 3 is 2.42 bits per heavy atom. The first kappa shape index (κ1) is 18.6. The topological polar surface area (TPSA) is 34.5 Å². The van der Waals surface area contributed by atoms with E-state index < -0.39 is 0 Å². The molecule has 0 N–H and O–H groups in total. The maximum Gasteiger partial charge on any atom is 0.129 e. The number of ether oxygens (including phenoxy) is 1. The molecule has 0 aliphatic carbocycles. The van der Waals surface area contributed by atoms with E-state index in [1.54, 1.807) is 0 Å². The van der Waals surface area contributed by atoms with E-state index in [9.17, 15) is 0 Å². The van der Waals surface area contributed by atoms with Crippen molar-refractivity contribution in [2.45, 2.75) is 66.5 Å². The van der Waals surface area contributed by atoms with Gasteiger partial charge in [-0.15, -0.1) is 0 Å². The van der Waals surface area contributed by atoms with Crippen molar-refractivity contribution in [1.29, 1.82) is 0 Å². The van der Waals surface area contributed by atoms with Gasteiger partial charge in [0, 0.05) is 23.0 Å². The highest BCUT2D eigenvalue weighted by Crippen LogP contribution is 2.34. The van der Waals surface area contributed by atoms with E-state index in [4.69, 9.17) is 14.7 Å². The minimum Gasteiger partial charge on any atom is -0.488 e. The van der Waals surface area contributed by atoms with E-state index >= 15 is 0 Å². The molecule has 1 aliphatic rings. The lowest BCUT2D eigenvalue weighted by Gasteiger charge is -2.31. The summed E-state index contributed by atoms with van der Waals surface area (Å²) in [6, 6.07) is 10.5. The Labute approximate surface area is 157 Å². The Morgan fingerprint density at radius 1 is 1.12 bits per heavy atom. The Balaban J connectivity index is 2.19. The van der Waals surface area contributed by atoms with Crippen molar-refractivity contribution in [3.8, 4) is 5.75 Å². The number of aromatic nitrogens is 1. The molecule has 0 spiro atoms. The Bertz CT molecular complexity index is 830. The summed E-state index contributed by atoms with van der Waals surface area (Å²) in [6.07, 6.45) is 1.98. The quantitative estimate of drug-likeness (QED) is 0.712. The van der Waals surface area contributed by atoms with Crippen LogP contribution in [0.1, 0.15) is 69.8 Å². The number of benzene rings is 1. The molecule has 2 atom stereocenters. The number of pyridine rings is 1. The van der Waals surface area contributed by atoms with Gasteiger partial charge in [0.2, 0.25) is 0 Å². The number of fused-ring (bicyclic) bond motifs is 1. The maximum atomic E-state index is 6.30. The Kier molecular flexibility index (Phi) is 4.92. The summed E-state index contributed by atoms with van der Waals surface area (Å²) in [7, 11) is 0. The highest BCUT2D eigenvalue weighted by Gasteiger charge is 2.34. The molecule has 3 heteroatoms. The SMILES string of the molecule is Cc1cc(C2=NC(C(C)(C)C)C(C)Oc3ccccc32)cnc1C(C)C. The molecule has 2 unspecified atom stereocenters. The summed E-state index contributed by atoms with van der Waals surface area (Å²) < 4.78 is 6.30. The monoisotopic (exact) mass is 350 g/mol. The summed E-state index contributed by atoms with van der Waals surface area (Å²) in [5, 5.41) is 0. The van der Waals surface area contributed by atoms with Crippen LogP contribution in [0.4, 0.5) is 0 Å². The van der Waals surface area contributed by atoms with E-state index in [0.29, 0.717) is 5.92 Å². The Hall–Kier alpha value is -2.16. The van der Waals surface area contributed by atoms with Crippen LogP contribution in [0.15, 0.2) is 41.5 Å². The summed E-state index contributed by atoms with van der Waals surface area (Å²) in [5.41, 5.74) is 5.45. The first-order valence-corrected chi connectivity index (χ1v) is 9.49. The maximum absolute atomic E-state index is 6.30. The van der Waals surface area contributed by atoms with Gasteiger partial charge in [0.25, 0.3) is 0 Å². The molecule has 0 saturated carbocycles. The molecule has 0 bridgehead atoms. The molecule has 0 radical (unpaired) electrons. The molecule has 3 nitrogen and oxygen atoms in total. The predicted octanol–water partition coefficient (Wildman–Crippen LogP) is 5.55. The third kappa shape index (κ3) is 3.53. The minimum atomic E-state index is 0.00700. The zero-order valence-electron chi connectivity index (χ0n) is 17.0. The number of nitrogens with zero attached hydrogens (tertiary/aromatic N) is 2. The van der Waals surface area contributed by atoms with E-state index in [2.05, 4.69) is 60.6 Å². The lowest BCUT2D eigenvalue weighted by atomic mass is 9.84. The van der Waals surface area contributed by atoms with E-state index in [0.717, 1.165) is 28.3 Å². The summed E-state index contributed by atoms with van der Waals surface area (Å²) >= 11 is 0. The van der Waals surface area contributed by atoms with Gasteiger partial charge >= 0.3 is 0 Å². The van der Waals surface area contributed by atoms with Gasteiger partial charge in [-0.25, -0.2) is 0 Å². The molecule has 1 aromatic heterocycles. The highest BCUT2D eigenvalue weighted by atomic mass is 16.5. The third-order valence-corrected chi connectivity index (χ3v) is 4.99. The summed E-state index contributed by atoms with van der Waals surface area (Å²) in [5.74, 6) is 1.31. The number of aliphatic imine (C=N–C) groups is 1. The second-order valence-corrected chi connectivity index (χ2v) is 8.69. The average molecular weight is 351 g/mol. The van der Waals surface area contributed by atoms with Crippen molar-refractivity contribution in [3.63, 3.8) is 0 Å². The number of hydrogen-bond acceptors (Lipinski definition) is 3. The van der Waals surface area contributed by atoms with Gasteiger partial charge in [0.15, 0.2) is 0 Å². The van der Waals surface area contributed by atoms with Crippen LogP contribution in [0.2, 0.25) is 0 Å². The molecule has 2 heterocycles. The van der Waals surface area contributed by atoms with Crippen LogP contribution >= 0.6 is 0 Å². The van der Waals surface area contributed by atoms with Crippen LogP contribution in [0.25, 0.3) is 0 Å². The molecular weight excluding hydrogens is 320 g/mol. The van der Waals surface area contributed by atoms with Crippen LogP contribution < -0.4 is 4.74 Å². The lowest BCUT2D eigenvalue weighted by molar-refractivity contribution is 0.132. The van der Waals surface area contributed by atoms with E-state index in [1.165, 1.54) is 5.56 Å². The largest absolute Gasteiger partial charge is 0.488 e. The van der Waals surface area contributed by atoms with Gasteiger partial charge in [0.1, 0.15) is 11.9 Å². The van der Waals surface area contributed by atoms with Gasteiger partial charge in [0.05, 0.1) is 11.8 Å². The zero-order chi connectivity index (χ0) is 19.1. The second-order valence-electron chi connectivity index (χ2n) is 8.69. The molecule has 0 fully saturated rings. The molecule has 26 heavy (non-hydrogen) atoms. The normalized spacial score (nSPS) is 20.2. The molecule has 0 amide bonds. The van der Waals surface area contributed by atoms with Gasteiger partial charge in [-0.1, -0.05) is 46.8 Å². The third-order valence-electron chi connectivity index (χ3n) is 4.99. The molecule has 1 aromatic carbocycles. The van der Waals surface area contributed by atoms with Crippen LogP contribution in [0.3, 0.4) is 0 Å². The van der Waals surface area contributed by atoms with E-state index in [1.807, 2.05) is 24.4 Å². The summed E-state index contributed by atoms with van der Waals surface area (Å²) in [6.45, 7) is 15.3. The standard InChI is InChI=1S/C23H30N2O/c1-14(2)20-15(3)12-17(13-24-20)21-18-10-8-9-11-19(18)26-16(4)22(25-21)23(5,6)7/h8-14,16,22H,1-7H3. The van der Waals surface area contributed by atoms with Gasteiger partial charge in [-0.05, 0) is 48.9 Å². The molecule has 2 aromatic rings. The van der Waals surface area contributed by atoms with Crippen molar-refractivity contribution in [2.24, 2.45) is 10.4 Å². The first-order chi connectivity index (χ1) is 12.2. The smallest absolute Gasteiger partial charge is 0.129 e. The number of aryl methyl sites for hydroxylation is 1. The van der Waals surface area contributed by atoms with Crippen LogP contribution in [-0.2, 0) is 0 Å². The van der Waals surface area contributed by atoms with Crippen molar-refractivity contribution >= 4 is 5.71 Å². The van der Waals surface area contributed by atoms with Crippen LogP contribution in [0, 0.1) is 12.3 Å². The van der Waals surface area contributed by atoms with Crippen molar-refractivity contribution in [2.75, 3.05) is 0 Å². The lowest BCUT2D eigenvalue weighted by Crippen LogP contribution is -2.37. The number of hydrogen-bond donors (Lipinski definition) is 0. The fourth-order valence-electron chi connectivity index (χ4n) is 3.79. The fraction of sp³-hybridized carbons (Fsp3) is 0.478. The molecule has 138 valence electrons. The Morgan fingerprint density at radius 2 is 1.81 bits per heavy atom. The molecule has 1 aliphatic heterocycles. The highest BCUT2D eigenvalue weighted by molar-refractivity contribution is 6.14. The molecule has 3 rings (SSSR count). The van der Waals surface area contributed by atoms with Crippen molar-refractivity contribution < 1.29 is 4.74 Å². The average Bonchev–Trinajstić information content (AvgIpc) is 2.70. The van der Waals surface area contributed by atoms with Gasteiger partial charge < -0.3 is 4.74 Å². The van der Waals surface area contributed by atoms with Gasteiger partial charge in [-0.3, -0.25) is 9.98 Å². The molecular formula is C23H30N2O. The fourth-order valence-corrected chi connectivity index (χ4v) is 3.79. The van der Waals surface area contributed by atoms with Crippen molar-refractivity contribution in [1.82, 2.24) is 4.98 Å². The molecule has 0 saturated heterocycles. The minimum absolute atomic E-state index is 0.00700. The second kappa shape index (κ2) is 6.86. The predicted molar refractivity (Wildman–Crippen MR) is 108 cm³/mol. The van der Waals surface area contributed by atoms with Crippen LogP contribution in [0.5, 0.6) is 5.75 Å². The van der Waals surface area contributed by atoms with Crippen molar-refractivity contribution in [3.05, 3.63) is 58.9 Å². The number of para-hydroxylation sites is 1. The number of rotatable bonds is 2. The summed E-state index contributed by atoms with van der Waals surface area (Å²) in [4.78, 5) is 9.95. The first-order valence-electron chi connectivity index (χ1n) is 9.49. The van der Waals surface area contributed by atoms with E-state index in [-0.39, 0.29) is 17.6 Å².